The molecule has 2 aromatic rings. The molecule has 1 aliphatic rings. The van der Waals surface area contributed by atoms with Crippen molar-refractivity contribution in [1.82, 2.24) is 15.3 Å². The molecule has 3 rings (SSSR count). The van der Waals surface area contributed by atoms with Gasteiger partial charge in [-0.3, -0.25) is 4.79 Å². The molecule has 1 fully saturated rings. The van der Waals surface area contributed by atoms with Gasteiger partial charge in [0, 0.05) is 31.7 Å². The lowest BCUT2D eigenvalue weighted by molar-refractivity contribution is 0.100. The average molecular weight is 313 g/mol. The summed E-state index contributed by atoms with van der Waals surface area (Å²) in [5, 5.41) is 3.28. The number of aromatic nitrogens is 2. The van der Waals surface area contributed by atoms with Crippen LogP contribution in [-0.2, 0) is 0 Å². The molecule has 7 nitrogen and oxygen atoms in total. The van der Waals surface area contributed by atoms with E-state index in [-0.39, 0.29) is 6.01 Å². The van der Waals surface area contributed by atoms with Gasteiger partial charge in [0.05, 0.1) is 12.8 Å². The number of carbonyl (C=O) groups is 1. The van der Waals surface area contributed by atoms with Crippen LogP contribution in [0.1, 0.15) is 10.4 Å². The molecule has 1 saturated heterocycles. The summed E-state index contributed by atoms with van der Waals surface area (Å²) >= 11 is 0. The van der Waals surface area contributed by atoms with E-state index in [2.05, 4.69) is 15.3 Å². The number of ether oxygens (including phenoxy) is 1. The molecule has 3 N–H and O–H groups in total. The molecule has 1 aromatic heterocycles. The van der Waals surface area contributed by atoms with Gasteiger partial charge >= 0.3 is 6.01 Å². The van der Waals surface area contributed by atoms with Gasteiger partial charge in [-0.25, -0.2) is 0 Å². The van der Waals surface area contributed by atoms with Crippen molar-refractivity contribution in [2.45, 2.75) is 0 Å². The first kappa shape index (κ1) is 15.2. The Kier molecular flexibility index (Phi) is 4.38. The maximum Gasteiger partial charge on any atom is 0.318 e. The van der Waals surface area contributed by atoms with Crippen molar-refractivity contribution in [3.05, 3.63) is 35.9 Å². The first-order chi connectivity index (χ1) is 11.2. The fourth-order valence-electron chi connectivity index (χ4n) is 2.66. The normalized spacial score (nSPS) is 14.6. The number of nitrogens with zero attached hydrogens (tertiary/aromatic N) is 3. The van der Waals surface area contributed by atoms with E-state index in [0.29, 0.717) is 17.1 Å². The molecular formula is C16H19N5O2. The van der Waals surface area contributed by atoms with Crippen molar-refractivity contribution in [3.8, 4) is 17.3 Å². The quantitative estimate of drug-likeness (QED) is 0.861. The summed E-state index contributed by atoms with van der Waals surface area (Å²) in [7, 11) is 1.51. The van der Waals surface area contributed by atoms with Crippen molar-refractivity contribution in [2.24, 2.45) is 5.73 Å². The standard InChI is InChI=1S/C16H19N5O2/c1-23-16-19-13(11-5-3-2-4-6-11)12(14(17)22)15(20-16)21-9-7-18-8-10-21/h2-6,18H,7-10H2,1H3,(H2,17,22). The SMILES string of the molecule is COc1nc(-c2ccccc2)c(C(N)=O)c(N2CCNCC2)n1. The zero-order chi connectivity index (χ0) is 16.2. The molecule has 0 unspecified atom stereocenters. The monoisotopic (exact) mass is 313 g/mol. The van der Waals surface area contributed by atoms with Crippen molar-refractivity contribution in [1.29, 1.82) is 0 Å². The van der Waals surface area contributed by atoms with Gasteiger partial charge in [-0.2, -0.15) is 9.97 Å². The predicted molar refractivity (Wildman–Crippen MR) is 87.6 cm³/mol. The van der Waals surface area contributed by atoms with E-state index in [1.807, 2.05) is 35.2 Å². The highest BCUT2D eigenvalue weighted by Gasteiger charge is 2.25. The van der Waals surface area contributed by atoms with E-state index in [1.54, 1.807) is 0 Å². The number of carbonyl (C=O) groups excluding carboxylic acids is 1. The van der Waals surface area contributed by atoms with Gasteiger partial charge in [-0.1, -0.05) is 30.3 Å². The van der Waals surface area contributed by atoms with E-state index in [0.717, 1.165) is 31.7 Å². The van der Waals surface area contributed by atoms with Gasteiger partial charge in [-0.05, 0) is 0 Å². The minimum absolute atomic E-state index is 0.224. The van der Waals surface area contributed by atoms with Crippen LogP contribution in [0.25, 0.3) is 11.3 Å². The molecule has 0 atom stereocenters. The first-order valence-electron chi connectivity index (χ1n) is 7.47. The lowest BCUT2D eigenvalue weighted by atomic mass is 10.1. The topological polar surface area (TPSA) is 93.4 Å². The second-order valence-corrected chi connectivity index (χ2v) is 5.22. The van der Waals surface area contributed by atoms with Gasteiger partial charge in [-0.15, -0.1) is 0 Å². The number of piperazine rings is 1. The molecule has 0 saturated carbocycles. The lowest BCUT2D eigenvalue weighted by Gasteiger charge is -2.30. The molecule has 23 heavy (non-hydrogen) atoms. The third-order valence-corrected chi connectivity index (χ3v) is 3.76. The van der Waals surface area contributed by atoms with Crippen LogP contribution in [-0.4, -0.2) is 49.2 Å². The Hall–Kier alpha value is -2.67. The molecule has 7 heteroatoms. The van der Waals surface area contributed by atoms with Gasteiger partial charge in [0.2, 0.25) is 0 Å². The fraction of sp³-hybridized carbons (Fsp3) is 0.312. The number of benzene rings is 1. The van der Waals surface area contributed by atoms with E-state index in [9.17, 15) is 4.79 Å². The summed E-state index contributed by atoms with van der Waals surface area (Å²) in [5.41, 5.74) is 7.28. The number of rotatable bonds is 4. The molecule has 0 radical (unpaired) electrons. The zero-order valence-corrected chi connectivity index (χ0v) is 13.0. The molecular weight excluding hydrogens is 294 g/mol. The molecule has 120 valence electrons. The van der Waals surface area contributed by atoms with Crippen LogP contribution >= 0.6 is 0 Å². The van der Waals surface area contributed by atoms with Crippen molar-refractivity contribution >= 4 is 11.7 Å². The highest BCUT2D eigenvalue weighted by atomic mass is 16.5. The Morgan fingerprint density at radius 3 is 2.52 bits per heavy atom. The number of amides is 1. The van der Waals surface area contributed by atoms with Crippen molar-refractivity contribution < 1.29 is 9.53 Å². The fourth-order valence-corrected chi connectivity index (χ4v) is 2.66. The van der Waals surface area contributed by atoms with Crippen molar-refractivity contribution in [2.75, 3.05) is 38.2 Å². The van der Waals surface area contributed by atoms with Crippen LogP contribution in [0.5, 0.6) is 6.01 Å². The van der Waals surface area contributed by atoms with E-state index >= 15 is 0 Å². The van der Waals surface area contributed by atoms with Crippen LogP contribution in [0.4, 0.5) is 5.82 Å². The highest BCUT2D eigenvalue weighted by molar-refractivity contribution is 6.03. The third-order valence-electron chi connectivity index (χ3n) is 3.76. The van der Waals surface area contributed by atoms with Gasteiger partial charge < -0.3 is 20.7 Å². The van der Waals surface area contributed by atoms with Crippen LogP contribution in [0.3, 0.4) is 0 Å². The molecule has 0 spiro atoms. The van der Waals surface area contributed by atoms with E-state index < -0.39 is 5.91 Å². The van der Waals surface area contributed by atoms with Crippen LogP contribution in [0.2, 0.25) is 0 Å². The van der Waals surface area contributed by atoms with Crippen molar-refractivity contribution in [3.63, 3.8) is 0 Å². The number of hydrogen-bond donors (Lipinski definition) is 2. The van der Waals surface area contributed by atoms with Gasteiger partial charge in [0.25, 0.3) is 5.91 Å². The smallest absolute Gasteiger partial charge is 0.318 e. The number of anilines is 1. The number of nitrogens with two attached hydrogens (primary N) is 1. The van der Waals surface area contributed by atoms with Crippen LogP contribution < -0.4 is 20.7 Å². The minimum Gasteiger partial charge on any atom is -0.467 e. The Bertz CT molecular complexity index is 699. The number of methoxy groups -OCH3 is 1. The molecule has 1 aliphatic heterocycles. The van der Waals surface area contributed by atoms with Crippen LogP contribution in [0.15, 0.2) is 30.3 Å². The summed E-state index contributed by atoms with van der Waals surface area (Å²) in [5.74, 6) is -0.00950. The number of nitrogens with one attached hydrogen (secondary N) is 1. The molecule has 1 aromatic carbocycles. The summed E-state index contributed by atoms with van der Waals surface area (Å²) in [6.07, 6.45) is 0. The predicted octanol–water partition coefficient (Wildman–Crippen LogP) is 0.661. The second kappa shape index (κ2) is 6.62. The molecule has 0 aliphatic carbocycles. The third kappa shape index (κ3) is 3.09. The average Bonchev–Trinajstić information content (AvgIpc) is 2.62. The largest absolute Gasteiger partial charge is 0.467 e. The first-order valence-corrected chi connectivity index (χ1v) is 7.47. The number of primary amides is 1. The Labute approximate surface area is 134 Å². The Balaban J connectivity index is 2.19. The second-order valence-electron chi connectivity index (χ2n) is 5.22. The van der Waals surface area contributed by atoms with Gasteiger partial charge in [0.15, 0.2) is 0 Å². The maximum atomic E-state index is 12.1. The van der Waals surface area contributed by atoms with Crippen LogP contribution in [0, 0.1) is 0 Å². The summed E-state index contributed by atoms with van der Waals surface area (Å²) in [6, 6.07) is 9.68. The van der Waals surface area contributed by atoms with Gasteiger partial charge in [0.1, 0.15) is 11.4 Å². The minimum atomic E-state index is -0.542. The summed E-state index contributed by atoms with van der Waals surface area (Å²) in [4.78, 5) is 22.9. The number of hydrogen-bond acceptors (Lipinski definition) is 6. The molecule has 2 heterocycles. The highest BCUT2D eigenvalue weighted by Crippen LogP contribution is 2.30. The Morgan fingerprint density at radius 1 is 1.22 bits per heavy atom. The molecule has 1 amide bonds. The van der Waals surface area contributed by atoms with E-state index in [4.69, 9.17) is 10.5 Å². The summed E-state index contributed by atoms with van der Waals surface area (Å²) in [6.45, 7) is 3.14. The van der Waals surface area contributed by atoms with E-state index in [1.165, 1.54) is 7.11 Å². The summed E-state index contributed by atoms with van der Waals surface area (Å²) < 4.78 is 5.23. The Morgan fingerprint density at radius 2 is 1.91 bits per heavy atom. The lowest BCUT2D eigenvalue weighted by Crippen LogP contribution is -2.44. The maximum absolute atomic E-state index is 12.1. The zero-order valence-electron chi connectivity index (χ0n) is 13.0. The molecule has 0 bridgehead atoms.